The van der Waals surface area contributed by atoms with Crippen LogP contribution in [0.15, 0.2) is 30.3 Å². The van der Waals surface area contributed by atoms with Gasteiger partial charge in [0.05, 0.1) is 0 Å². The molecule has 3 aliphatic rings. The van der Waals surface area contributed by atoms with Gasteiger partial charge < -0.3 is 15.0 Å². The maximum absolute atomic E-state index is 13.0. The van der Waals surface area contributed by atoms with Gasteiger partial charge in [0.2, 0.25) is 0 Å². The van der Waals surface area contributed by atoms with Gasteiger partial charge in [0.1, 0.15) is 12.1 Å². The van der Waals surface area contributed by atoms with E-state index in [0.717, 1.165) is 43.8 Å². The largest absolute Gasteiger partial charge is 0.451 e. The van der Waals surface area contributed by atoms with Crippen molar-refractivity contribution in [1.82, 2.24) is 20.0 Å². The molecular formula is C26H36N4O5. The number of hydrogen-bond donors (Lipinski definition) is 1. The normalized spacial score (nSPS) is 26.1. The monoisotopic (exact) mass is 484 g/mol. The molecule has 4 rings (SSSR count). The standard InChI is InChI=1S/C26H36N4O5/c1-3-20-9-11-26(12-10-20)24(33)30(25(34)27-26)18-22(31)35-19(2)23(32)29-15-13-28(14-16-29)17-21-7-5-4-6-8-21/h4-8,19-20H,3,9-18H2,1-2H3,(H,27,34). The van der Waals surface area contributed by atoms with E-state index in [2.05, 4.69) is 29.3 Å². The number of amides is 4. The van der Waals surface area contributed by atoms with Gasteiger partial charge >= 0.3 is 12.0 Å². The van der Waals surface area contributed by atoms with Crippen molar-refractivity contribution in [1.29, 1.82) is 0 Å². The Morgan fingerprint density at radius 1 is 1.09 bits per heavy atom. The van der Waals surface area contributed by atoms with Crippen molar-refractivity contribution in [3.63, 3.8) is 0 Å². The molecule has 1 aliphatic carbocycles. The minimum absolute atomic E-state index is 0.260. The predicted molar refractivity (Wildman–Crippen MR) is 129 cm³/mol. The second-order valence-corrected chi connectivity index (χ2v) is 9.97. The van der Waals surface area contributed by atoms with Gasteiger partial charge in [0, 0.05) is 32.7 Å². The fraction of sp³-hybridized carbons (Fsp3) is 0.615. The van der Waals surface area contributed by atoms with E-state index in [4.69, 9.17) is 4.74 Å². The lowest BCUT2D eigenvalue weighted by Gasteiger charge is -2.35. The Kier molecular flexibility index (Phi) is 7.74. The van der Waals surface area contributed by atoms with Gasteiger partial charge in [0.15, 0.2) is 6.10 Å². The van der Waals surface area contributed by atoms with E-state index in [0.29, 0.717) is 31.8 Å². The summed E-state index contributed by atoms with van der Waals surface area (Å²) in [5.74, 6) is -0.806. The predicted octanol–water partition coefficient (Wildman–Crippen LogP) is 2.15. The molecule has 2 aliphatic heterocycles. The molecule has 1 spiro atoms. The first kappa shape index (κ1) is 25.2. The number of carbonyl (C=O) groups is 4. The number of esters is 1. The molecule has 2 saturated heterocycles. The van der Waals surface area contributed by atoms with Crippen molar-refractivity contribution in [2.75, 3.05) is 32.7 Å². The van der Waals surface area contributed by atoms with E-state index in [1.807, 2.05) is 18.2 Å². The molecule has 1 unspecified atom stereocenters. The lowest BCUT2D eigenvalue weighted by Crippen LogP contribution is -2.51. The van der Waals surface area contributed by atoms with Crippen molar-refractivity contribution in [3.8, 4) is 0 Å². The fourth-order valence-electron chi connectivity index (χ4n) is 5.38. The molecule has 4 amide bonds. The molecule has 1 aromatic carbocycles. The molecular weight excluding hydrogens is 448 g/mol. The molecule has 190 valence electrons. The molecule has 3 fully saturated rings. The molecule has 1 aromatic rings. The van der Waals surface area contributed by atoms with Crippen LogP contribution in [-0.4, -0.2) is 82.9 Å². The number of benzene rings is 1. The van der Waals surface area contributed by atoms with E-state index < -0.39 is 30.2 Å². The lowest BCUT2D eigenvalue weighted by atomic mass is 9.75. The zero-order valence-electron chi connectivity index (χ0n) is 20.7. The van der Waals surface area contributed by atoms with Crippen molar-refractivity contribution >= 4 is 23.8 Å². The molecule has 1 saturated carbocycles. The number of nitrogens with zero attached hydrogens (tertiary/aromatic N) is 3. The first-order valence-corrected chi connectivity index (χ1v) is 12.7. The summed E-state index contributed by atoms with van der Waals surface area (Å²) in [6.07, 6.45) is 3.02. The molecule has 9 nitrogen and oxygen atoms in total. The quantitative estimate of drug-likeness (QED) is 0.470. The van der Waals surface area contributed by atoms with E-state index in [1.54, 1.807) is 4.90 Å². The third kappa shape index (κ3) is 5.66. The first-order chi connectivity index (χ1) is 16.8. The van der Waals surface area contributed by atoms with Crippen LogP contribution in [0.1, 0.15) is 51.5 Å². The Hall–Kier alpha value is -2.94. The lowest BCUT2D eigenvalue weighted by molar-refractivity contribution is -0.161. The van der Waals surface area contributed by atoms with E-state index in [9.17, 15) is 19.2 Å². The van der Waals surface area contributed by atoms with Gasteiger partial charge in [-0.2, -0.15) is 0 Å². The molecule has 9 heteroatoms. The van der Waals surface area contributed by atoms with Crippen LogP contribution >= 0.6 is 0 Å². The SMILES string of the molecule is CCC1CCC2(CC1)NC(=O)N(CC(=O)OC(C)C(=O)N1CCN(Cc3ccccc3)CC1)C2=O. The second-order valence-electron chi connectivity index (χ2n) is 9.97. The number of ether oxygens (including phenoxy) is 1. The van der Waals surface area contributed by atoms with Crippen LogP contribution in [0.2, 0.25) is 0 Å². The minimum Gasteiger partial charge on any atom is -0.451 e. The van der Waals surface area contributed by atoms with Crippen LogP contribution < -0.4 is 5.32 Å². The highest BCUT2D eigenvalue weighted by Crippen LogP contribution is 2.37. The van der Waals surface area contributed by atoms with Gasteiger partial charge in [0.25, 0.3) is 11.8 Å². The number of hydrogen-bond acceptors (Lipinski definition) is 6. The van der Waals surface area contributed by atoms with E-state index in [1.165, 1.54) is 12.5 Å². The Morgan fingerprint density at radius 2 is 1.74 bits per heavy atom. The maximum atomic E-state index is 13.0. The number of piperazine rings is 1. The zero-order valence-corrected chi connectivity index (χ0v) is 20.7. The molecule has 1 atom stereocenters. The average molecular weight is 485 g/mol. The van der Waals surface area contributed by atoms with Crippen LogP contribution in [0.4, 0.5) is 4.79 Å². The summed E-state index contributed by atoms with van der Waals surface area (Å²) in [5, 5.41) is 2.82. The third-order valence-electron chi connectivity index (χ3n) is 7.66. The third-order valence-corrected chi connectivity index (χ3v) is 7.66. The average Bonchev–Trinajstić information content (AvgIpc) is 3.09. The summed E-state index contributed by atoms with van der Waals surface area (Å²) in [6.45, 7) is 6.62. The Labute approximate surface area is 206 Å². The summed E-state index contributed by atoms with van der Waals surface area (Å²) in [7, 11) is 0. The number of imide groups is 1. The Morgan fingerprint density at radius 3 is 2.37 bits per heavy atom. The van der Waals surface area contributed by atoms with Crippen molar-refractivity contribution < 1.29 is 23.9 Å². The number of carbonyl (C=O) groups excluding carboxylic acids is 4. The topological polar surface area (TPSA) is 99.3 Å². The Balaban J connectivity index is 1.24. The molecule has 0 radical (unpaired) electrons. The van der Waals surface area contributed by atoms with Gasteiger partial charge in [-0.1, -0.05) is 43.7 Å². The maximum Gasteiger partial charge on any atom is 0.327 e. The minimum atomic E-state index is -0.974. The summed E-state index contributed by atoms with van der Waals surface area (Å²) < 4.78 is 5.34. The summed E-state index contributed by atoms with van der Waals surface area (Å²) in [5.41, 5.74) is 0.333. The van der Waals surface area contributed by atoms with Crippen molar-refractivity contribution in [2.24, 2.45) is 5.92 Å². The Bertz CT molecular complexity index is 936. The van der Waals surface area contributed by atoms with Crippen LogP contribution in [0.5, 0.6) is 0 Å². The molecule has 1 N–H and O–H groups in total. The smallest absolute Gasteiger partial charge is 0.327 e. The first-order valence-electron chi connectivity index (χ1n) is 12.7. The molecule has 0 bridgehead atoms. The molecule has 2 heterocycles. The molecule has 35 heavy (non-hydrogen) atoms. The second kappa shape index (κ2) is 10.8. The number of rotatable bonds is 7. The van der Waals surface area contributed by atoms with Crippen LogP contribution in [0.25, 0.3) is 0 Å². The van der Waals surface area contributed by atoms with Gasteiger partial charge in [-0.3, -0.25) is 24.2 Å². The van der Waals surface area contributed by atoms with Gasteiger partial charge in [-0.25, -0.2) is 4.79 Å². The molecule has 0 aromatic heterocycles. The highest BCUT2D eigenvalue weighted by molar-refractivity contribution is 6.08. The van der Waals surface area contributed by atoms with Crippen molar-refractivity contribution in [3.05, 3.63) is 35.9 Å². The van der Waals surface area contributed by atoms with E-state index in [-0.39, 0.29) is 11.8 Å². The van der Waals surface area contributed by atoms with Crippen LogP contribution in [0.3, 0.4) is 0 Å². The van der Waals surface area contributed by atoms with Crippen molar-refractivity contribution in [2.45, 2.75) is 64.1 Å². The van der Waals surface area contributed by atoms with E-state index >= 15 is 0 Å². The van der Waals surface area contributed by atoms with Gasteiger partial charge in [-0.05, 0) is 44.1 Å². The van der Waals surface area contributed by atoms with Crippen LogP contribution in [0, 0.1) is 5.92 Å². The summed E-state index contributed by atoms with van der Waals surface area (Å²) in [6, 6.07) is 9.63. The summed E-state index contributed by atoms with van der Waals surface area (Å²) in [4.78, 5) is 55.8. The highest BCUT2D eigenvalue weighted by atomic mass is 16.5. The highest BCUT2D eigenvalue weighted by Gasteiger charge is 2.52. The number of nitrogens with one attached hydrogen (secondary N) is 1. The summed E-state index contributed by atoms with van der Waals surface area (Å²) >= 11 is 0. The zero-order chi connectivity index (χ0) is 25.0. The van der Waals surface area contributed by atoms with Gasteiger partial charge in [-0.15, -0.1) is 0 Å². The van der Waals surface area contributed by atoms with Crippen LogP contribution in [-0.2, 0) is 25.7 Å². The fourth-order valence-corrected chi connectivity index (χ4v) is 5.38. The number of urea groups is 1.